The largest absolute Gasteiger partial charge is 0.484 e. The summed E-state index contributed by atoms with van der Waals surface area (Å²) in [5, 5.41) is 6.33. The molecule has 0 saturated carbocycles. The highest BCUT2D eigenvalue weighted by atomic mass is 32.2. The topological polar surface area (TPSA) is 102 Å². The van der Waals surface area contributed by atoms with Gasteiger partial charge < -0.3 is 15.4 Å². The molecule has 1 aliphatic carbocycles. The zero-order chi connectivity index (χ0) is 25.4. The van der Waals surface area contributed by atoms with Crippen LogP contribution in [0.1, 0.15) is 60.0 Å². The summed E-state index contributed by atoms with van der Waals surface area (Å²) in [4.78, 5) is 27.2. The standard InChI is InChI=1S/C26H34N2O5S2/c1-16-5-8-19(9-6-16)33-14-22(29)28-25-23(24(30)27-18-11-12-35(31,32)15-18)20-10-7-17(26(2,3)4)13-21(20)34-25/h5-6,8-9,17-18H,7,10-15H2,1-4H3,(H,27,30)(H,28,29). The summed E-state index contributed by atoms with van der Waals surface area (Å²) in [5.41, 5.74) is 2.70. The predicted octanol–water partition coefficient (Wildman–Crippen LogP) is 4.14. The van der Waals surface area contributed by atoms with Crippen LogP contribution in [0.3, 0.4) is 0 Å². The first kappa shape index (κ1) is 25.7. The number of thiophene rings is 1. The molecule has 2 unspecified atom stereocenters. The lowest BCUT2D eigenvalue weighted by Crippen LogP contribution is -2.36. The number of hydrogen-bond acceptors (Lipinski definition) is 6. The summed E-state index contributed by atoms with van der Waals surface area (Å²) >= 11 is 1.45. The summed E-state index contributed by atoms with van der Waals surface area (Å²) in [6.45, 7) is 8.51. The van der Waals surface area contributed by atoms with Crippen LogP contribution in [-0.4, -0.2) is 44.4 Å². The Morgan fingerprint density at radius 2 is 1.86 bits per heavy atom. The number of nitrogens with one attached hydrogen (secondary N) is 2. The molecule has 2 aliphatic rings. The van der Waals surface area contributed by atoms with Crippen LogP contribution in [-0.2, 0) is 27.5 Å². The van der Waals surface area contributed by atoms with E-state index in [1.807, 2.05) is 31.2 Å². The summed E-state index contributed by atoms with van der Waals surface area (Å²) < 4.78 is 29.4. The Morgan fingerprint density at radius 1 is 1.14 bits per heavy atom. The van der Waals surface area contributed by atoms with E-state index in [0.717, 1.165) is 35.3 Å². The lowest BCUT2D eigenvalue weighted by molar-refractivity contribution is -0.118. The van der Waals surface area contributed by atoms with Gasteiger partial charge in [0.15, 0.2) is 16.4 Å². The molecule has 7 nitrogen and oxygen atoms in total. The maximum atomic E-state index is 13.4. The summed E-state index contributed by atoms with van der Waals surface area (Å²) in [5.74, 6) is 0.487. The van der Waals surface area contributed by atoms with Gasteiger partial charge in [0.1, 0.15) is 10.8 Å². The van der Waals surface area contributed by atoms with Gasteiger partial charge in [-0.05, 0) is 61.6 Å². The zero-order valence-corrected chi connectivity index (χ0v) is 22.4. The molecule has 2 N–H and O–H groups in total. The molecule has 0 radical (unpaired) electrons. The van der Waals surface area contributed by atoms with Crippen molar-refractivity contribution in [2.75, 3.05) is 23.4 Å². The molecule has 0 bridgehead atoms. The van der Waals surface area contributed by atoms with Gasteiger partial charge in [0, 0.05) is 10.9 Å². The van der Waals surface area contributed by atoms with Crippen LogP contribution in [0.5, 0.6) is 5.75 Å². The van der Waals surface area contributed by atoms with Crippen molar-refractivity contribution in [3.63, 3.8) is 0 Å². The molecular weight excluding hydrogens is 484 g/mol. The van der Waals surface area contributed by atoms with Crippen molar-refractivity contribution in [1.29, 1.82) is 0 Å². The summed E-state index contributed by atoms with van der Waals surface area (Å²) in [6, 6.07) is 7.05. The van der Waals surface area contributed by atoms with Crippen LogP contribution >= 0.6 is 11.3 Å². The molecule has 0 spiro atoms. The van der Waals surface area contributed by atoms with Crippen LogP contribution in [0.15, 0.2) is 24.3 Å². The molecular formula is C26H34N2O5S2. The number of fused-ring (bicyclic) bond motifs is 1. The average molecular weight is 519 g/mol. The van der Waals surface area contributed by atoms with Crippen molar-refractivity contribution in [2.24, 2.45) is 11.3 Å². The van der Waals surface area contributed by atoms with Crippen LogP contribution in [0, 0.1) is 18.3 Å². The second-order valence-electron chi connectivity index (χ2n) is 10.7. The predicted molar refractivity (Wildman–Crippen MR) is 139 cm³/mol. The van der Waals surface area contributed by atoms with Gasteiger partial charge >= 0.3 is 0 Å². The third kappa shape index (κ3) is 6.25. The third-order valence-electron chi connectivity index (χ3n) is 6.93. The number of benzene rings is 1. The number of rotatable bonds is 6. The SMILES string of the molecule is Cc1ccc(OCC(=O)Nc2sc3c(c2C(=O)NC2CCS(=O)(=O)C2)CCC(C(C)(C)C)C3)cc1. The third-order valence-corrected chi connectivity index (χ3v) is 9.87. The van der Waals surface area contributed by atoms with Crippen molar-refractivity contribution in [3.05, 3.63) is 45.8 Å². The maximum absolute atomic E-state index is 13.4. The number of aryl methyl sites for hydroxylation is 1. The van der Waals surface area contributed by atoms with Crippen LogP contribution in [0.25, 0.3) is 0 Å². The van der Waals surface area contributed by atoms with E-state index in [0.29, 0.717) is 28.7 Å². The quantitative estimate of drug-likeness (QED) is 0.599. The first-order chi connectivity index (χ1) is 16.4. The molecule has 2 aromatic rings. The Kier molecular flexibility index (Phi) is 7.29. The summed E-state index contributed by atoms with van der Waals surface area (Å²) in [6.07, 6.45) is 3.00. The Balaban J connectivity index is 1.54. The van der Waals surface area contributed by atoms with Gasteiger partial charge in [-0.3, -0.25) is 9.59 Å². The first-order valence-corrected chi connectivity index (χ1v) is 14.7. The number of carbonyl (C=O) groups is 2. The fourth-order valence-corrected chi connectivity index (χ4v) is 7.78. The number of sulfone groups is 1. The van der Waals surface area contributed by atoms with Crippen molar-refractivity contribution in [1.82, 2.24) is 5.32 Å². The van der Waals surface area contributed by atoms with Gasteiger partial charge in [-0.2, -0.15) is 0 Å². The minimum atomic E-state index is -3.11. The van der Waals surface area contributed by atoms with Gasteiger partial charge in [0.2, 0.25) is 0 Å². The molecule has 2 atom stereocenters. The van der Waals surface area contributed by atoms with Gasteiger partial charge in [-0.1, -0.05) is 38.5 Å². The highest BCUT2D eigenvalue weighted by molar-refractivity contribution is 7.91. The lowest BCUT2D eigenvalue weighted by atomic mass is 9.72. The van der Waals surface area contributed by atoms with Gasteiger partial charge in [0.25, 0.3) is 11.8 Å². The molecule has 4 rings (SSSR count). The van der Waals surface area contributed by atoms with Crippen molar-refractivity contribution in [3.8, 4) is 5.75 Å². The normalized spacial score (nSPS) is 21.3. The minimum Gasteiger partial charge on any atom is -0.484 e. The Morgan fingerprint density at radius 3 is 2.49 bits per heavy atom. The lowest BCUT2D eigenvalue weighted by Gasteiger charge is -2.33. The fourth-order valence-electron chi connectivity index (χ4n) is 4.77. The van der Waals surface area contributed by atoms with Crippen LogP contribution in [0.4, 0.5) is 5.00 Å². The highest BCUT2D eigenvalue weighted by Crippen LogP contribution is 2.44. The molecule has 1 fully saturated rings. The van der Waals surface area contributed by atoms with Gasteiger partial charge in [-0.15, -0.1) is 11.3 Å². The zero-order valence-electron chi connectivity index (χ0n) is 20.8. The van der Waals surface area contributed by atoms with E-state index in [-0.39, 0.29) is 35.3 Å². The molecule has 190 valence electrons. The number of ether oxygens (including phenoxy) is 1. The van der Waals surface area contributed by atoms with E-state index in [9.17, 15) is 18.0 Å². The number of carbonyl (C=O) groups excluding carboxylic acids is 2. The summed E-state index contributed by atoms with van der Waals surface area (Å²) in [7, 11) is -3.11. The second kappa shape index (κ2) is 9.93. The van der Waals surface area contributed by atoms with E-state index in [2.05, 4.69) is 31.4 Å². The first-order valence-electron chi connectivity index (χ1n) is 12.1. The van der Waals surface area contributed by atoms with E-state index < -0.39 is 15.9 Å². The van der Waals surface area contributed by atoms with Crippen molar-refractivity contribution in [2.45, 2.75) is 59.4 Å². The molecule has 1 aliphatic heterocycles. The van der Waals surface area contributed by atoms with E-state index >= 15 is 0 Å². The highest BCUT2D eigenvalue weighted by Gasteiger charge is 2.36. The Labute approximate surface area is 211 Å². The fraction of sp³-hybridized carbons (Fsp3) is 0.538. The molecule has 2 amide bonds. The van der Waals surface area contributed by atoms with Crippen LogP contribution in [0.2, 0.25) is 0 Å². The molecule has 1 saturated heterocycles. The van der Waals surface area contributed by atoms with Crippen molar-refractivity contribution >= 4 is 38.0 Å². The maximum Gasteiger partial charge on any atom is 0.262 e. The molecule has 1 aromatic carbocycles. The second-order valence-corrected chi connectivity index (χ2v) is 14.1. The Bertz CT molecular complexity index is 1210. The molecule has 2 heterocycles. The smallest absolute Gasteiger partial charge is 0.262 e. The van der Waals surface area contributed by atoms with Gasteiger partial charge in [-0.25, -0.2) is 8.42 Å². The van der Waals surface area contributed by atoms with Crippen LogP contribution < -0.4 is 15.4 Å². The molecule has 1 aromatic heterocycles. The number of amides is 2. The minimum absolute atomic E-state index is 0.0384. The van der Waals surface area contributed by atoms with Crippen molar-refractivity contribution < 1.29 is 22.7 Å². The van der Waals surface area contributed by atoms with Gasteiger partial charge in [0.05, 0.1) is 17.1 Å². The van der Waals surface area contributed by atoms with E-state index in [1.54, 1.807) is 0 Å². The molecule has 35 heavy (non-hydrogen) atoms. The number of hydrogen-bond donors (Lipinski definition) is 2. The average Bonchev–Trinajstić information content (AvgIpc) is 3.30. The monoisotopic (exact) mass is 518 g/mol. The van der Waals surface area contributed by atoms with E-state index in [1.165, 1.54) is 11.3 Å². The Hall–Kier alpha value is -2.39. The number of anilines is 1. The van der Waals surface area contributed by atoms with E-state index in [4.69, 9.17) is 4.74 Å². The molecule has 9 heteroatoms.